The molecule has 29 heavy (non-hydrogen) atoms. The maximum atomic E-state index is 8.77. The zero-order valence-corrected chi connectivity index (χ0v) is 16.4. The highest BCUT2D eigenvalue weighted by molar-refractivity contribution is 5.91. The van der Waals surface area contributed by atoms with E-state index >= 15 is 0 Å². The van der Waals surface area contributed by atoms with E-state index in [1.807, 2.05) is 25.1 Å². The zero-order chi connectivity index (χ0) is 19.8. The van der Waals surface area contributed by atoms with Crippen molar-refractivity contribution >= 4 is 28.4 Å². The number of nitrogens with zero attached hydrogens (tertiary/aromatic N) is 4. The van der Waals surface area contributed by atoms with Crippen LogP contribution in [0.2, 0.25) is 0 Å². The number of rotatable bonds is 7. The number of hydrogen-bond acceptors (Lipinski definition) is 7. The van der Waals surface area contributed by atoms with Crippen molar-refractivity contribution in [3.63, 3.8) is 0 Å². The molecule has 3 fully saturated rings. The number of aryl methyl sites for hydroxylation is 1. The Kier molecular flexibility index (Phi) is 4.32. The van der Waals surface area contributed by atoms with Gasteiger partial charge in [0.1, 0.15) is 11.6 Å². The first-order valence-electron chi connectivity index (χ1n) is 10.1. The molecule has 148 valence electrons. The van der Waals surface area contributed by atoms with Crippen molar-refractivity contribution in [2.75, 3.05) is 17.2 Å². The van der Waals surface area contributed by atoms with E-state index in [-0.39, 0.29) is 5.54 Å². The largest absolute Gasteiger partial charge is 0.364 e. The average molecular weight is 388 g/mol. The smallest absolute Gasteiger partial charge is 0.153 e. The summed E-state index contributed by atoms with van der Waals surface area (Å²) in [4.78, 5) is 9.39. The SMILES string of the molecule is Cc1cc(Nc2cc3ncccc3c(NC34CC(C3)[C@@H](NCCC#N)C4)n2)n[nH]1. The van der Waals surface area contributed by atoms with E-state index in [2.05, 4.69) is 43.3 Å². The van der Waals surface area contributed by atoms with E-state index in [1.165, 1.54) is 0 Å². The van der Waals surface area contributed by atoms with Crippen molar-refractivity contribution in [3.8, 4) is 6.07 Å². The Morgan fingerprint density at radius 2 is 2.17 bits per heavy atom. The molecule has 0 aromatic carbocycles. The molecule has 0 saturated heterocycles. The average Bonchev–Trinajstić information content (AvgIpc) is 3.35. The van der Waals surface area contributed by atoms with Gasteiger partial charge in [0.05, 0.1) is 11.6 Å². The third kappa shape index (κ3) is 3.38. The summed E-state index contributed by atoms with van der Waals surface area (Å²) in [5.41, 5.74) is 1.96. The molecule has 2 bridgehead atoms. The predicted molar refractivity (Wildman–Crippen MR) is 112 cm³/mol. The Labute approximate surface area is 169 Å². The van der Waals surface area contributed by atoms with Crippen LogP contribution in [0.25, 0.3) is 10.9 Å². The van der Waals surface area contributed by atoms with Crippen molar-refractivity contribution in [1.29, 1.82) is 5.26 Å². The highest BCUT2D eigenvalue weighted by atomic mass is 15.2. The lowest BCUT2D eigenvalue weighted by molar-refractivity contribution is 0.258. The molecule has 3 aliphatic carbocycles. The molecule has 3 aromatic heterocycles. The van der Waals surface area contributed by atoms with E-state index in [9.17, 15) is 0 Å². The van der Waals surface area contributed by atoms with E-state index < -0.39 is 0 Å². The first-order chi connectivity index (χ1) is 14.1. The Balaban J connectivity index is 1.39. The molecular weight excluding hydrogens is 364 g/mol. The molecule has 0 aliphatic heterocycles. The highest BCUT2D eigenvalue weighted by Crippen LogP contribution is 2.54. The Hall–Kier alpha value is -3.18. The third-order valence-corrected chi connectivity index (χ3v) is 6.07. The summed E-state index contributed by atoms with van der Waals surface area (Å²) in [5, 5.41) is 27.5. The second kappa shape index (κ2) is 7.01. The normalized spacial score (nSPS) is 24.8. The van der Waals surface area contributed by atoms with Gasteiger partial charge in [0.25, 0.3) is 0 Å². The molecule has 0 radical (unpaired) electrons. The predicted octanol–water partition coefficient (Wildman–Crippen LogP) is 3.24. The topological polar surface area (TPSA) is 114 Å². The molecule has 6 rings (SSSR count). The fourth-order valence-electron chi connectivity index (χ4n) is 4.79. The van der Waals surface area contributed by atoms with Gasteiger partial charge in [0.2, 0.25) is 0 Å². The molecule has 3 aromatic rings. The minimum Gasteiger partial charge on any atom is -0.364 e. The second-order valence-corrected chi connectivity index (χ2v) is 8.23. The van der Waals surface area contributed by atoms with Crippen LogP contribution in [0.3, 0.4) is 0 Å². The molecular formula is C21H24N8. The fourth-order valence-corrected chi connectivity index (χ4v) is 4.79. The summed E-state index contributed by atoms with van der Waals surface area (Å²) in [6, 6.07) is 10.6. The standard InChI is InChI=1S/C21H24N8/c1-13-8-19(29-28-13)25-18-9-16-15(4-2-6-23-16)20(26-18)27-21-10-14(11-21)17(12-21)24-7-3-5-22/h2,4,6,8-9,14,17,24H,3,7,10-12H2,1H3,(H3,25,26,27,28,29)/t14?,17-,21?/m0/s1. The molecule has 3 aliphatic rings. The van der Waals surface area contributed by atoms with Gasteiger partial charge in [0, 0.05) is 54.0 Å². The number of pyridine rings is 2. The number of aromatic amines is 1. The van der Waals surface area contributed by atoms with Gasteiger partial charge in [-0.2, -0.15) is 10.4 Å². The third-order valence-electron chi connectivity index (χ3n) is 6.07. The van der Waals surface area contributed by atoms with Crippen molar-refractivity contribution in [2.45, 2.75) is 44.2 Å². The molecule has 0 unspecified atom stereocenters. The van der Waals surface area contributed by atoms with Crippen molar-refractivity contribution in [3.05, 3.63) is 36.2 Å². The zero-order valence-electron chi connectivity index (χ0n) is 16.4. The van der Waals surface area contributed by atoms with Crippen LogP contribution >= 0.6 is 0 Å². The molecule has 8 nitrogen and oxygen atoms in total. The number of anilines is 3. The van der Waals surface area contributed by atoms with Gasteiger partial charge in [0.15, 0.2) is 5.82 Å². The van der Waals surface area contributed by atoms with Crippen molar-refractivity contribution in [2.24, 2.45) is 5.92 Å². The van der Waals surface area contributed by atoms with Crippen LogP contribution in [0, 0.1) is 24.2 Å². The number of nitriles is 1. The summed E-state index contributed by atoms with van der Waals surface area (Å²) >= 11 is 0. The minimum atomic E-state index is 0.0757. The van der Waals surface area contributed by atoms with Crippen LogP contribution in [0.15, 0.2) is 30.5 Å². The molecule has 1 atom stereocenters. The number of nitrogens with one attached hydrogen (secondary N) is 4. The number of fused-ring (bicyclic) bond motifs is 2. The Morgan fingerprint density at radius 3 is 2.97 bits per heavy atom. The van der Waals surface area contributed by atoms with Gasteiger partial charge in [-0.3, -0.25) is 10.1 Å². The quantitative estimate of drug-likeness (QED) is 0.459. The van der Waals surface area contributed by atoms with Gasteiger partial charge in [-0.1, -0.05) is 0 Å². The Morgan fingerprint density at radius 1 is 1.28 bits per heavy atom. The molecule has 8 heteroatoms. The number of aromatic nitrogens is 4. The van der Waals surface area contributed by atoms with Crippen LogP contribution in [0.4, 0.5) is 17.5 Å². The van der Waals surface area contributed by atoms with Gasteiger partial charge < -0.3 is 16.0 Å². The fraction of sp³-hybridized carbons (Fsp3) is 0.429. The maximum absolute atomic E-state index is 8.77. The maximum Gasteiger partial charge on any atom is 0.153 e. The highest BCUT2D eigenvalue weighted by Gasteiger charge is 2.56. The van der Waals surface area contributed by atoms with E-state index in [0.29, 0.717) is 18.4 Å². The molecule has 0 amide bonds. The summed E-state index contributed by atoms with van der Waals surface area (Å²) < 4.78 is 0. The van der Waals surface area contributed by atoms with Gasteiger partial charge in [-0.15, -0.1) is 0 Å². The second-order valence-electron chi connectivity index (χ2n) is 8.23. The summed E-state index contributed by atoms with van der Waals surface area (Å²) in [5.74, 6) is 3.00. The van der Waals surface area contributed by atoms with E-state index in [1.54, 1.807) is 6.20 Å². The number of hydrogen-bond donors (Lipinski definition) is 4. The van der Waals surface area contributed by atoms with Crippen molar-refractivity contribution in [1.82, 2.24) is 25.5 Å². The Bertz CT molecular complexity index is 1080. The van der Waals surface area contributed by atoms with Crippen LogP contribution < -0.4 is 16.0 Å². The lowest BCUT2D eigenvalue weighted by Gasteiger charge is -2.40. The van der Waals surface area contributed by atoms with Crippen LogP contribution in [0.1, 0.15) is 31.4 Å². The van der Waals surface area contributed by atoms with Gasteiger partial charge in [-0.05, 0) is 44.2 Å². The summed E-state index contributed by atoms with van der Waals surface area (Å²) in [6.07, 6.45) is 5.69. The first kappa shape index (κ1) is 17.9. The van der Waals surface area contributed by atoms with E-state index in [0.717, 1.165) is 59.9 Å². The summed E-state index contributed by atoms with van der Waals surface area (Å²) in [6.45, 7) is 2.73. The van der Waals surface area contributed by atoms with Gasteiger partial charge >= 0.3 is 0 Å². The van der Waals surface area contributed by atoms with Gasteiger partial charge in [-0.25, -0.2) is 4.98 Å². The molecule has 3 saturated carbocycles. The first-order valence-corrected chi connectivity index (χ1v) is 10.1. The van der Waals surface area contributed by atoms with Crippen LogP contribution in [-0.2, 0) is 0 Å². The summed E-state index contributed by atoms with van der Waals surface area (Å²) in [7, 11) is 0. The minimum absolute atomic E-state index is 0.0757. The monoisotopic (exact) mass is 388 g/mol. The lowest BCUT2D eigenvalue weighted by Crippen LogP contribution is -2.43. The molecule has 3 heterocycles. The number of H-pyrrole nitrogens is 1. The molecule has 0 spiro atoms. The van der Waals surface area contributed by atoms with Crippen molar-refractivity contribution < 1.29 is 0 Å². The molecule has 4 N–H and O–H groups in total. The van der Waals surface area contributed by atoms with Crippen LogP contribution in [-0.4, -0.2) is 38.3 Å². The van der Waals surface area contributed by atoms with E-state index in [4.69, 9.17) is 10.2 Å². The lowest BCUT2D eigenvalue weighted by atomic mass is 9.76. The van der Waals surface area contributed by atoms with Crippen LogP contribution in [0.5, 0.6) is 0 Å².